The molecule has 1 saturated heterocycles. The van der Waals surface area contributed by atoms with Gasteiger partial charge < -0.3 is 9.47 Å². The predicted molar refractivity (Wildman–Crippen MR) is 139 cm³/mol. The molecule has 10 heteroatoms. The van der Waals surface area contributed by atoms with Crippen LogP contribution in [0.25, 0.3) is 10.9 Å². The SMILES string of the molecule is CCc1cnc(N2CCC(c3cnc(Cn4ccc5cc(S(C)(=O)=O)cc(Cl)c54)c(F)c3)CC2)nc1. The number of hydrogen-bond donors (Lipinski definition) is 0. The summed E-state index contributed by atoms with van der Waals surface area (Å²) in [6, 6.07) is 6.37. The van der Waals surface area contributed by atoms with E-state index in [0.29, 0.717) is 21.6 Å². The number of sulfone groups is 1. The minimum absolute atomic E-state index is 0.155. The smallest absolute Gasteiger partial charge is 0.225 e. The van der Waals surface area contributed by atoms with Crippen molar-refractivity contribution in [2.75, 3.05) is 24.2 Å². The molecule has 188 valence electrons. The molecule has 5 rings (SSSR count). The molecule has 3 aromatic heterocycles. The zero-order chi connectivity index (χ0) is 25.4. The molecule has 1 fully saturated rings. The van der Waals surface area contributed by atoms with Crippen molar-refractivity contribution in [3.8, 4) is 0 Å². The van der Waals surface area contributed by atoms with Gasteiger partial charge >= 0.3 is 0 Å². The Morgan fingerprint density at radius 2 is 1.81 bits per heavy atom. The highest BCUT2D eigenvalue weighted by Gasteiger charge is 2.23. The highest BCUT2D eigenvalue weighted by molar-refractivity contribution is 7.90. The van der Waals surface area contributed by atoms with Gasteiger partial charge in [-0.25, -0.2) is 22.8 Å². The van der Waals surface area contributed by atoms with Gasteiger partial charge in [-0.15, -0.1) is 0 Å². The van der Waals surface area contributed by atoms with Crippen molar-refractivity contribution >= 4 is 38.3 Å². The first-order chi connectivity index (χ1) is 17.2. The molecule has 1 aliphatic rings. The molecular weight excluding hydrogens is 501 g/mol. The van der Waals surface area contributed by atoms with E-state index in [1.54, 1.807) is 35.2 Å². The summed E-state index contributed by atoms with van der Waals surface area (Å²) in [5.41, 5.74) is 2.97. The molecule has 36 heavy (non-hydrogen) atoms. The summed E-state index contributed by atoms with van der Waals surface area (Å²) >= 11 is 6.41. The van der Waals surface area contributed by atoms with Gasteiger partial charge in [-0.3, -0.25) is 4.98 Å². The van der Waals surface area contributed by atoms with Crippen LogP contribution in [0.2, 0.25) is 5.02 Å². The highest BCUT2D eigenvalue weighted by Crippen LogP contribution is 2.31. The Hall–Kier alpha value is -3.04. The number of aromatic nitrogens is 4. The summed E-state index contributed by atoms with van der Waals surface area (Å²) in [6.07, 6.45) is 11.1. The van der Waals surface area contributed by atoms with Crippen LogP contribution in [-0.4, -0.2) is 47.3 Å². The van der Waals surface area contributed by atoms with E-state index in [9.17, 15) is 8.42 Å². The molecule has 0 unspecified atom stereocenters. The molecule has 0 spiro atoms. The molecule has 1 aromatic carbocycles. The monoisotopic (exact) mass is 527 g/mol. The molecule has 0 aliphatic carbocycles. The number of nitrogens with zero attached hydrogens (tertiary/aromatic N) is 5. The van der Waals surface area contributed by atoms with Crippen LogP contribution in [0, 0.1) is 5.82 Å². The van der Waals surface area contributed by atoms with Gasteiger partial charge in [0, 0.05) is 49.5 Å². The fourth-order valence-electron chi connectivity index (χ4n) is 4.70. The average molecular weight is 528 g/mol. The van der Waals surface area contributed by atoms with E-state index in [4.69, 9.17) is 11.6 Å². The van der Waals surface area contributed by atoms with E-state index >= 15 is 4.39 Å². The van der Waals surface area contributed by atoms with Gasteiger partial charge in [0.1, 0.15) is 5.82 Å². The van der Waals surface area contributed by atoms with Crippen LogP contribution < -0.4 is 4.90 Å². The Morgan fingerprint density at radius 3 is 2.44 bits per heavy atom. The lowest BCUT2D eigenvalue weighted by Gasteiger charge is -2.32. The normalized spacial score (nSPS) is 15.1. The van der Waals surface area contributed by atoms with Crippen molar-refractivity contribution < 1.29 is 12.8 Å². The molecule has 1 aliphatic heterocycles. The second-order valence-electron chi connectivity index (χ2n) is 9.26. The van der Waals surface area contributed by atoms with Gasteiger partial charge in [-0.1, -0.05) is 18.5 Å². The molecule has 4 heterocycles. The molecule has 7 nitrogen and oxygen atoms in total. The number of halogens is 2. The van der Waals surface area contributed by atoms with E-state index in [1.807, 2.05) is 12.4 Å². The van der Waals surface area contributed by atoms with Gasteiger partial charge in [0.15, 0.2) is 9.84 Å². The van der Waals surface area contributed by atoms with E-state index in [0.717, 1.165) is 55.7 Å². The van der Waals surface area contributed by atoms with Crippen molar-refractivity contribution in [3.05, 3.63) is 76.7 Å². The van der Waals surface area contributed by atoms with E-state index in [-0.39, 0.29) is 23.2 Å². The maximum Gasteiger partial charge on any atom is 0.225 e. The molecule has 0 N–H and O–H groups in total. The van der Waals surface area contributed by atoms with Gasteiger partial charge in [0.05, 0.1) is 27.7 Å². The van der Waals surface area contributed by atoms with Crippen LogP contribution in [0.1, 0.15) is 42.5 Å². The molecule has 0 amide bonds. The standard InChI is InChI=1S/C26H27ClFN5O2S/c1-3-17-13-30-26(31-14-17)32-7-4-18(5-8-32)20-11-23(28)24(29-15-20)16-33-9-6-19-10-21(36(2,34)35)12-22(27)25(19)33/h6,9-15,18H,3-5,7-8,16H2,1-2H3. The van der Waals surface area contributed by atoms with Crippen molar-refractivity contribution in [3.63, 3.8) is 0 Å². The van der Waals surface area contributed by atoms with Crippen LogP contribution in [0.5, 0.6) is 0 Å². The zero-order valence-electron chi connectivity index (χ0n) is 20.2. The fraction of sp³-hybridized carbons (Fsp3) is 0.346. The second-order valence-corrected chi connectivity index (χ2v) is 11.7. The van der Waals surface area contributed by atoms with E-state index < -0.39 is 9.84 Å². The van der Waals surface area contributed by atoms with Crippen molar-refractivity contribution in [2.45, 2.75) is 43.5 Å². The van der Waals surface area contributed by atoms with Gasteiger partial charge in [0.25, 0.3) is 0 Å². The van der Waals surface area contributed by atoms with Crippen LogP contribution in [0.4, 0.5) is 10.3 Å². The minimum atomic E-state index is -3.39. The Bertz CT molecular complexity index is 1510. The van der Waals surface area contributed by atoms with Crippen LogP contribution in [0.15, 0.2) is 53.9 Å². The molecule has 0 saturated carbocycles. The maximum atomic E-state index is 15.1. The number of hydrogen-bond acceptors (Lipinski definition) is 6. The number of rotatable bonds is 6. The third-order valence-corrected chi connectivity index (χ3v) is 8.20. The summed E-state index contributed by atoms with van der Waals surface area (Å²) in [5.74, 6) is 0.606. The van der Waals surface area contributed by atoms with E-state index in [1.165, 1.54) is 6.07 Å². The number of pyridine rings is 1. The largest absolute Gasteiger partial charge is 0.341 e. The number of aryl methyl sites for hydroxylation is 1. The Morgan fingerprint density at radius 1 is 1.08 bits per heavy atom. The van der Waals surface area contributed by atoms with Crippen molar-refractivity contribution in [1.29, 1.82) is 0 Å². The topological polar surface area (TPSA) is 81.0 Å². The lowest BCUT2D eigenvalue weighted by Crippen LogP contribution is -2.34. The number of anilines is 1. The first-order valence-electron chi connectivity index (χ1n) is 11.9. The molecule has 0 bridgehead atoms. The third kappa shape index (κ3) is 4.95. The molecule has 0 radical (unpaired) electrons. The Kier molecular flexibility index (Phi) is 6.70. The predicted octanol–water partition coefficient (Wildman–Crippen LogP) is 5.02. The summed E-state index contributed by atoms with van der Waals surface area (Å²) in [7, 11) is -3.39. The highest BCUT2D eigenvalue weighted by atomic mass is 35.5. The van der Waals surface area contributed by atoms with Gasteiger partial charge in [0.2, 0.25) is 5.95 Å². The fourth-order valence-corrected chi connectivity index (χ4v) is 5.78. The van der Waals surface area contributed by atoms with Crippen molar-refractivity contribution in [2.24, 2.45) is 0 Å². The summed E-state index contributed by atoms with van der Waals surface area (Å²) in [4.78, 5) is 15.7. The first-order valence-corrected chi connectivity index (χ1v) is 14.2. The zero-order valence-corrected chi connectivity index (χ0v) is 21.7. The molecular formula is C26H27ClFN5O2S. The molecule has 4 aromatic rings. The van der Waals surface area contributed by atoms with Crippen LogP contribution in [0.3, 0.4) is 0 Å². The van der Waals surface area contributed by atoms with Gasteiger partial charge in [-0.05, 0) is 60.6 Å². The number of piperidine rings is 1. The van der Waals surface area contributed by atoms with Crippen LogP contribution >= 0.6 is 11.6 Å². The van der Waals surface area contributed by atoms with Gasteiger partial charge in [-0.2, -0.15) is 0 Å². The average Bonchev–Trinajstić information content (AvgIpc) is 3.28. The summed E-state index contributed by atoms with van der Waals surface area (Å²) in [6.45, 7) is 3.89. The minimum Gasteiger partial charge on any atom is -0.341 e. The Labute approximate surface area is 214 Å². The lowest BCUT2D eigenvalue weighted by molar-refractivity contribution is 0.492. The lowest BCUT2D eigenvalue weighted by atomic mass is 9.90. The quantitative estimate of drug-likeness (QED) is 0.350. The van der Waals surface area contributed by atoms with E-state index in [2.05, 4.69) is 26.8 Å². The summed E-state index contributed by atoms with van der Waals surface area (Å²) < 4.78 is 40.7. The number of benzene rings is 1. The van der Waals surface area contributed by atoms with Crippen LogP contribution in [-0.2, 0) is 22.8 Å². The second kappa shape index (κ2) is 9.78. The number of fused-ring (bicyclic) bond motifs is 1. The maximum absolute atomic E-state index is 15.1. The summed E-state index contributed by atoms with van der Waals surface area (Å²) in [5, 5.41) is 0.982. The Balaban J connectivity index is 1.29. The third-order valence-electron chi connectivity index (χ3n) is 6.82. The first kappa shape index (κ1) is 24.6. The molecule has 0 atom stereocenters. The van der Waals surface area contributed by atoms with Crippen molar-refractivity contribution in [1.82, 2.24) is 19.5 Å².